The number of carbonyl (C=O) groups excluding carboxylic acids is 1. The first kappa shape index (κ1) is 16.7. The third-order valence-corrected chi connectivity index (χ3v) is 4.66. The van der Waals surface area contributed by atoms with Crippen molar-refractivity contribution in [2.45, 2.75) is 25.8 Å². The van der Waals surface area contributed by atoms with E-state index in [4.69, 9.17) is 0 Å². The summed E-state index contributed by atoms with van der Waals surface area (Å²) in [7, 11) is 1.94. The van der Waals surface area contributed by atoms with Crippen LogP contribution in [0.25, 0.3) is 0 Å². The molecule has 1 saturated heterocycles. The number of nitrogens with zero attached hydrogens (tertiary/aromatic N) is 1. The standard InChI is InChI=1S/C14H19IN2O.ClH/c1-10-5-6-11(8-13(10)15)14(18)17-7-3-4-12(17)9-16-2;/h5-6,8,12,16H,3-4,7,9H2,1-2H3;1H. The molecule has 2 rings (SSSR count). The molecule has 0 bridgehead atoms. The summed E-state index contributed by atoms with van der Waals surface area (Å²) < 4.78 is 1.16. The number of benzene rings is 1. The Labute approximate surface area is 134 Å². The van der Waals surface area contributed by atoms with Crippen molar-refractivity contribution >= 4 is 40.9 Å². The number of likely N-dealkylation sites (tertiary alicyclic amines) is 1. The molecular formula is C14H20ClIN2O. The number of aryl methyl sites for hydroxylation is 1. The Bertz CT molecular complexity index is 453. The van der Waals surface area contributed by atoms with Crippen LogP contribution in [0.4, 0.5) is 0 Å². The van der Waals surface area contributed by atoms with E-state index in [0.29, 0.717) is 6.04 Å². The number of amides is 1. The Morgan fingerprint density at radius 3 is 2.89 bits per heavy atom. The molecule has 1 aromatic carbocycles. The molecule has 3 nitrogen and oxygen atoms in total. The third-order valence-electron chi connectivity index (χ3n) is 3.50. The maximum Gasteiger partial charge on any atom is 0.254 e. The number of likely N-dealkylation sites (N-methyl/N-ethyl adjacent to an activating group) is 1. The van der Waals surface area contributed by atoms with E-state index in [9.17, 15) is 4.79 Å². The Morgan fingerprint density at radius 1 is 1.53 bits per heavy atom. The van der Waals surface area contributed by atoms with Crippen molar-refractivity contribution < 1.29 is 4.79 Å². The van der Waals surface area contributed by atoms with Gasteiger partial charge >= 0.3 is 0 Å². The van der Waals surface area contributed by atoms with Crippen LogP contribution in [0.5, 0.6) is 0 Å². The summed E-state index contributed by atoms with van der Waals surface area (Å²) >= 11 is 2.29. The molecule has 1 aliphatic rings. The van der Waals surface area contributed by atoms with Crippen molar-refractivity contribution in [1.82, 2.24) is 10.2 Å². The van der Waals surface area contributed by atoms with Crippen LogP contribution < -0.4 is 5.32 Å². The molecule has 1 unspecified atom stereocenters. The second-order valence-corrected chi connectivity index (χ2v) is 5.98. The smallest absolute Gasteiger partial charge is 0.254 e. The maximum atomic E-state index is 12.5. The zero-order valence-electron chi connectivity index (χ0n) is 11.3. The molecule has 1 aliphatic heterocycles. The summed E-state index contributed by atoms with van der Waals surface area (Å²) in [6.07, 6.45) is 2.22. The lowest BCUT2D eigenvalue weighted by atomic mass is 10.1. The highest BCUT2D eigenvalue weighted by molar-refractivity contribution is 14.1. The fourth-order valence-corrected chi connectivity index (χ4v) is 2.96. The Balaban J connectivity index is 0.00000180. The highest BCUT2D eigenvalue weighted by atomic mass is 127. The molecule has 19 heavy (non-hydrogen) atoms. The van der Waals surface area contributed by atoms with Gasteiger partial charge < -0.3 is 10.2 Å². The van der Waals surface area contributed by atoms with Crippen LogP contribution in [0.1, 0.15) is 28.8 Å². The molecule has 5 heteroatoms. The third kappa shape index (κ3) is 3.83. The lowest BCUT2D eigenvalue weighted by Crippen LogP contribution is -2.40. The van der Waals surface area contributed by atoms with Crippen LogP contribution in [0.2, 0.25) is 0 Å². The lowest BCUT2D eigenvalue weighted by molar-refractivity contribution is 0.0737. The molecule has 0 radical (unpaired) electrons. The molecule has 0 saturated carbocycles. The molecule has 1 atom stereocenters. The van der Waals surface area contributed by atoms with Gasteiger partial charge in [0.25, 0.3) is 5.91 Å². The van der Waals surface area contributed by atoms with E-state index in [1.165, 1.54) is 5.56 Å². The molecule has 1 aromatic rings. The topological polar surface area (TPSA) is 32.3 Å². The van der Waals surface area contributed by atoms with E-state index in [2.05, 4.69) is 34.8 Å². The molecule has 1 N–H and O–H groups in total. The first-order valence-corrected chi connectivity index (χ1v) is 7.43. The predicted molar refractivity (Wildman–Crippen MR) is 89.1 cm³/mol. The van der Waals surface area contributed by atoms with E-state index in [1.54, 1.807) is 0 Å². The van der Waals surface area contributed by atoms with Gasteiger partial charge in [-0.15, -0.1) is 12.4 Å². The van der Waals surface area contributed by atoms with Crippen molar-refractivity contribution in [3.63, 3.8) is 0 Å². The van der Waals surface area contributed by atoms with Gasteiger partial charge in [-0.05, 0) is 67.1 Å². The first-order chi connectivity index (χ1) is 8.63. The van der Waals surface area contributed by atoms with E-state index < -0.39 is 0 Å². The minimum Gasteiger partial charge on any atom is -0.334 e. The quantitative estimate of drug-likeness (QED) is 0.800. The number of carbonyl (C=O) groups is 1. The largest absolute Gasteiger partial charge is 0.334 e. The average molecular weight is 395 g/mol. The van der Waals surface area contributed by atoms with Crippen molar-refractivity contribution in [1.29, 1.82) is 0 Å². The predicted octanol–water partition coefficient (Wildman–Crippen LogP) is 2.85. The fourth-order valence-electron chi connectivity index (χ4n) is 2.44. The van der Waals surface area contributed by atoms with Gasteiger partial charge in [0.1, 0.15) is 0 Å². The highest BCUT2D eigenvalue weighted by Gasteiger charge is 2.28. The molecule has 1 amide bonds. The van der Waals surface area contributed by atoms with E-state index in [-0.39, 0.29) is 18.3 Å². The van der Waals surface area contributed by atoms with Crippen molar-refractivity contribution in [3.8, 4) is 0 Å². The summed E-state index contributed by atoms with van der Waals surface area (Å²) in [6, 6.07) is 6.31. The summed E-state index contributed by atoms with van der Waals surface area (Å²) in [5.74, 6) is 0.172. The van der Waals surface area contributed by atoms with Gasteiger partial charge in [0.05, 0.1) is 0 Å². The molecular weight excluding hydrogens is 375 g/mol. The van der Waals surface area contributed by atoms with Crippen LogP contribution in [0.15, 0.2) is 18.2 Å². The maximum absolute atomic E-state index is 12.5. The first-order valence-electron chi connectivity index (χ1n) is 6.35. The zero-order valence-corrected chi connectivity index (χ0v) is 14.3. The van der Waals surface area contributed by atoms with Crippen molar-refractivity contribution in [2.24, 2.45) is 0 Å². The van der Waals surface area contributed by atoms with Gasteiger partial charge in [0.15, 0.2) is 0 Å². The van der Waals surface area contributed by atoms with Crippen LogP contribution in [-0.2, 0) is 0 Å². The highest BCUT2D eigenvalue weighted by Crippen LogP contribution is 2.21. The Kier molecular flexibility index (Phi) is 6.56. The van der Waals surface area contributed by atoms with Gasteiger partial charge in [-0.2, -0.15) is 0 Å². The molecule has 106 valence electrons. The van der Waals surface area contributed by atoms with Crippen LogP contribution >= 0.6 is 35.0 Å². The molecule has 1 fully saturated rings. The van der Waals surface area contributed by atoms with Crippen molar-refractivity contribution in [3.05, 3.63) is 32.9 Å². The van der Waals surface area contributed by atoms with E-state index >= 15 is 0 Å². The lowest BCUT2D eigenvalue weighted by Gasteiger charge is -2.24. The van der Waals surface area contributed by atoms with Crippen LogP contribution in [0, 0.1) is 10.5 Å². The number of hydrogen-bond donors (Lipinski definition) is 1. The molecule has 1 heterocycles. The SMILES string of the molecule is CNCC1CCCN1C(=O)c1ccc(C)c(I)c1.Cl. The summed E-state index contributed by atoms with van der Waals surface area (Å²) in [4.78, 5) is 14.5. The van der Waals surface area contributed by atoms with Gasteiger partial charge in [0, 0.05) is 28.3 Å². The van der Waals surface area contributed by atoms with Gasteiger partial charge in [-0.25, -0.2) is 0 Å². The van der Waals surface area contributed by atoms with Crippen LogP contribution in [-0.4, -0.2) is 37.0 Å². The number of nitrogens with one attached hydrogen (secondary N) is 1. The van der Waals surface area contributed by atoms with Gasteiger partial charge in [0.2, 0.25) is 0 Å². The Hall–Kier alpha value is -0.330. The second-order valence-electron chi connectivity index (χ2n) is 4.82. The van der Waals surface area contributed by atoms with Crippen LogP contribution in [0.3, 0.4) is 0 Å². The Morgan fingerprint density at radius 2 is 2.26 bits per heavy atom. The molecule has 0 spiro atoms. The van der Waals surface area contributed by atoms with Crippen molar-refractivity contribution in [2.75, 3.05) is 20.1 Å². The summed E-state index contributed by atoms with van der Waals surface area (Å²) in [5.41, 5.74) is 2.04. The monoisotopic (exact) mass is 394 g/mol. The summed E-state index contributed by atoms with van der Waals surface area (Å²) in [5, 5.41) is 3.17. The van der Waals surface area contributed by atoms with E-state index in [1.807, 2.05) is 30.1 Å². The summed E-state index contributed by atoms with van der Waals surface area (Å²) in [6.45, 7) is 3.83. The fraction of sp³-hybridized carbons (Fsp3) is 0.500. The van der Waals surface area contributed by atoms with Gasteiger partial charge in [-0.3, -0.25) is 4.79 Å². The van der Waals surface area contributed by atoms with E-state index in [0.717, 1.165) is 35.1 Å². The number of hydrogen-bond acceptors (Lipinski definition) is 2. The average Bonchev–Trinajstić information content (AvgIpc) is 2.80. The van der Waals surface area contributed by atoms with Gasteiger partial charge in [-0.1, -0.05) is 6.07 Å². The minimum atomic E-state index is 0. The zero-order chi connectivity index (χ0) is 13.1. The normalized spacial score (nSPS) is 18.3. The number of rotatable bonds is 3. The number of halogens is 2. The minimum absolute atomic E-state index is 0. The molecule has 0 aliphatic carbocycles. The molecule has 0 aromatic heterocycles. The second kappa shape index (κ2) is 7.45.